The monoisotopic (exact) mass is 310 g/mol. The number of methoxy groups -OCH3 is 2. The molecular weight excluding hydrogens is 301 g/mol. The Labute approximate surface area is 115 Å². The highest BCUT2D eigenvalue weighted by molar-refractivity contribution is 5.76. The Bertz CT molecular complexity index is 560. The molecule has 0 saturated heterocycles. The van der Waals surface area contributed by atoms with Crippen molar-refractivity contribution in [2.45, 2.75) is 12.8 Å². The molecule has 0 unspecified atom stereocenters. The van der Waals surface area contributed by atoms with Crippen LogP contribution in [0.2, 0.25) is 0 Å². The van der Waals surface area contributed by atoms with E-state index in [-0.39, 0.29) is 0 Å². The molecule has 11 heteroatoms. The van der Waals surface area contributed by atoms with Gasteiger partial charge < -0.3 is 14.2 Å². The molecule has 0 spiro atoms. The molecular formula is C10H9F3N2O6. The van der Waals surface area contributed by atoms with Gasteiger partial charge in [-0.2, -0.15) is 0 Å². The summed E-state index contributed by atoms with van der Waals surface area (Å²) in [6.45, 7) is 0. The molecule has 0 aliphatic heterocycles. The number of nitrogens with zero attached hydrogens (tertiary/aromatic N) is 2. The summed E-state index contributed by atoms with van der Waals surface area (Å²) >= 11 is 0. The van der Waals surface area contributed by atoms with Crippen molar-refractivity contribution in [1.82, 2.24) is 4.98 Å². The van der Waals surface area contributed by atoms with Gasteiger partial charge in [-0.25, -0.2) is 4.98 Å². The second kappa shape index (κ2) is 6.24. The number of halogens is 3. The first-order valence-electron chi connectivity index (χ1n) is 5.22. The van der Waals surface area contributed by atoms with Crippen LogP contribution in [0.3, 0.4) is 0 Å². The molecule has 1 aromatic heterocycles. The molecule has 0 atom stereocenters. The minimum atomic E-state index is -5.07. The van der Waals surface area contributed by atoms with Crippen molar-refractivity contribution in [2.24, 2.45) is 0 Å². The summed E-state index contributed by atoms with van der Waals surface area (Å²) in [4.78, 5) is 24.4. The lowest BCUT2D eigenvalue weighted by Crippen LogP contribution is -2.19. The van der Waals surface area contributed by atoms with Crippen molar-refractivity contribution in [3.05, 3.63) is 21.9 Å². The van der Waals surface area contributed by atoms with Crippen molar-refractivity contribution in [2.75, 3.05) is 14.2 Å². The smallest absolute Gasteiger partial charge is 0.491 e. The van der Waals surface area contributed by atoms with Gasteiger partial charge >= 0.3 is 12.3 Å². The van der Waals surface area contributed by atoms with Gasteiger partial charge in [0.1, 0.15) is 6.20 Å². The highest BCUT2D eigenvalue weighted by Gasteiger charge is 2.36. The average molecular weight is 310 g/mol. The molecule has 1 heterocycles. The predicted molar refractivity (Wildman–Crippen MR) is 59.8 cm³/mol. The summed E-state index contributed by atoms with van der Waals surface area (Å²) in [5.41, 5.74) is -1.12. The van der Waals surface area contributed by atoms with Gasteiger partial charge in [0.05, 0.1) is 31.1 Å². The third-order valence-corrected chi connectivity index (χ3v) is 2.24. The van der Waals surface area contributed by atoms with Crippen LogP contribution in [-0.2, 0) is 16.0 Å². The van der Waals surface area contributed by atoms with E-state index in [1.54, 1.807) is 0 Å². The minimum Gasteiger partial charge on any atom is -0.491 e. The number of nitro groups is 1. The van der Waals surface area contributed by atoms with Gasteiger partial charge in [0.2, 0.25) is 0 Å². The molecule has 1 aromatic rings. The number of hydrogen-bond donors (Lipinski definition) is 0. The van der Waals surface area contributed by atoms with Crippen LogP contribution in [-0.4, -0.2) is 36.5 Å². The van der Waals surface area contributed by atoms with E-state index in [0.29, 0.717) is 6.20 Å². The lowest BCUT2D eigenvalue weighted by atomic mass is 10.1. The van der Waals surface area contributed by atoms with Crippen molar-refractivity contribution >= 4 is 11.7 Å². The average Bonchev–Trinajstić information content (AvgIpc) is 2.36. The van der Waals surface area contributed by atoms with Gasteiger partial charge in [-0.15, -0.1) is 13.2 Å². The van der Waals surface area contributed by atoms with E-state index in [9.17, 15) is 28.1 Å². The molecule has 0 saturated carbocycles. The summed E-state index contributed by atoms with van der Waals surface area (Å²) in [6, 6.07) is 0. The third kappa shape index (κ3) is 4.19. The first-order valence-corrected chi connectivity index (χ1v) is 5.22. The zero-order valence-corrected chi connectivity index (χ0v) is 10.8. The van der Waals surface area contributed by atoms with Crippen LogP contribution in [0.15, 0.2) is 6.20 Å². The first kappa shape index (κ1) is 16.5. The molecule has 0 aliphatic rings. The molecule has 0 amide bonds. The Morgan fingerprint density at radius 1 is 1.43 bits per heavy atom. The van der Waals surface area contributed by atoms with E-state index in [1.807, 2.05) is 0 Å². The number of carbonyl (C=O) groups excluding carboxylic acids is 1. The Balaban J connectivity index is 3.41. The standard InChI is InChI=1S/C10H9F3N2O6/c1-19-7(16)3-5-6(15(17)18)4-14-9(8(5)20-2)21-10(11,12)13/h4H,3H2,1-2H3. The van der Waals surface area contributed by atoms with Gasteiger partial charge in [-0.05, 0) is 0 Å². The topological polar surface area (TPSA) is 101 Å². The Morgan fingerprint density at radius 2 is 2.05 bits per heavy atom. The predicted octanol–water partition coefficient (Wildman–Crippen LogP) is 1.61. The van der Waals surface area contributed by atoms with E-state index < -0.39 is 46.6 Å². The molecule has 0 radical (unpaired) electrons. The van der Waals surface area contributed by atoms with Crippen LogP contribution >= 0.6 is 0 Å². The number of pyridine rings is 1. The Hall–Kier alpha value is -2.59. The van der Waals surface area contributed by atoms with Crippen LogP contribution in [0.1, 0.15) is 5.56 Å². The number of alkyl halides is 3. The fourth-order valence-electron chi connectivity index (χ4n) is 1.44. The molecule has 0 bridgehead atoms. The zero-order chi connectivity index (χ0) is 16.2. The summed E-state index contributed by atoms with van der Waals surface area (Å²) in [7, 11) is 1.99. The van der Waals surface area contributed by atoms with E-state index in [1.165, 1.54) is 0 Å². The number of aromatic nitrogens is 1. The third-order valence-electron chi connectivity index (χ3n) is 2.24. The second-order valence-electron chi connectivity index (χ2n) is 3.52. The molecule has 116 valence electrons. The van der Waals surface area contributed by atoms with Crippen LogP contribution < -0.4 is 9.47 Å². The lowest BCUT2D eigenvalue weighted by Gasteiger charge is -2.14. The zero-order valence-electron chi connectivity index (χ0n) is 10.8. The molecule has 21 heavy (non-hydrogen) atoms. The van der Waals surface area contributed by atoms with Crippen molar-refractivity contribution < 1.29 is 37.1 Å². The number of rotatable bonds is 5. The molecule has 0 N–H and O–H groups in total. The number of hydrogen-bond acceptors (Lipinski definition) is 7. The van der Waals surface area contributed by atoms with Crippen LogP contribution in [0.5, 0.6) is 11.6 Å². The molecule has 0 fully saturated rings. The van der Waals surface area contributed by atoms with Crippen LogP contribution in [0.4, 0.5) is 18.9 Å². The van der Waals surface area contributed by atoms with Crippen LogP contribution in [0, 0.1) is 10.1 Å². The van der Waals surface area contributed by atoms with Crippen molar-refractivity contribution in [3.63, 3.8) is 0 Å². The fourth-order valence-corrected chi connectivity index (χ4v) is 1.44. The van der Waals surface area contributed by atoms with Crippen molar-refractivity contribution in [1.29, 1.82) is 0 Å². The van der Waals surface area contributed by atoms with E-state index in [4.69, 9.17) is 0 Å². The van der Waals surface area contributed by atoms with Gasteiger partial charge in [0.15, 0.2) is 5.75 Å². The highest BCUT2D eigenvalue weighted by Crippen LogP contribution is 2.37. The van der Waals surface area contributed by atoms with Gasteiger partial charge in [0.25, 0.3) is 11.6 Å². The Morgan fingerprint density at radius 3 is 2.48 bits per heavy atom. The van der Waals surface area contributed by atoms with Crippen molar-refractivity contribution in [3.8, 4) is 11.6 Å². The quantitative estimate of drug-likeness (QED) is 0.462. The molecule has 0 aliphatic carbocycles. The van der Waals surface area contributed by atoms with Gasteiger partial charge in [0, 0.05) is 0 Å². The molecule has 1 rings (SSSR count). The second-order valence-corrected chi connectivity index (χ2v) is 3.52. The number of ether oxygens (including phenoxy) is 3. The maximum atomic E-state index is 12.2. The minimum absolute atomic E-state index is 0.427. The normalized spacial score (nSPS) is 10.9. The summed E-state index contributed by atoms with van der Waals surface area (Å²) in [6.07, 6.45) is -5.20. The SMILES string of the molecule is COC(=O)Cc1c([N+](=O)[O-])cnc(OC(F)(F)F)c1OC. The fraction of sp³-hybridized carbons (Fsp3) is 0.400. The lowest BCUT2D eigenvalue weighted by molar-refractivity contribution is -0.386. The summed E-state index contributed by atoms with van der Waals surface area (Å²) < 4.78 is 49.3. The first-order chi connectivity index (χ1) is 9.69. The maximum absolute atomic E-state index is 12.2. The molecule has 0 aromatic carbocycles. The van der Waals surface area contributed by atoms with E-state index in [2.05, 4.69) is 19.2 Å². The maximum Gasteiger partial charge on any atom is 0.574 e. The highest BCUT2D eigenvalue weighted by atomic mass is 19.4. The Kier molecular flexibility index (Phi) is 4.89. The van der Waals surface area contributed by atoms with Gasteiger partial charge in [-0.3, -0.25) is 14.9 Å². The van der Waals surface area contributed by atoms with E-state index in [0.717, 1.165) is 14.2 Å². The summed E-state index contributed by atoms with van der Waals surface area (Å²) in [5, 5.41) is 10.9. The van der Waals surface area contributed by atoms with Crippen LogP contribution in [0.25, 0.3) is 0 Å². The van der Waals surface area contributed by atoms with Gasteiger partial charge in [-0.1, -0.05) is 0 Å². The summed E-state index contributed by atoms with van der Waals surface area (Å²) in [5.74, 6) is -2.60. The molecule has 8 nitrogen and oxygen atoms in total. The van der Waals surface area contributed by atoms with E-state index >= 15 is 0 Å². The number of esters is 1. The number of carbonyl (C=O) groups is 1. The largest absolute Gasteiger partial charge is 0.574 e.